The minimum absolute atomic E-state index is 0.149. The highest BCUT2D eigenvalue weighted by atomic mass is 16.3. The van der Waals surface area contributed by atoms with Crippen molar-refractivity contribution < 1.29 is 5.11 Å². The molecule has 0 radical (unpaired) electrons. The van der Waals surface area contributed by atoms with E-state index in [0.717, 1.165) is 24.7 Å². The van der Waals surface area contributed by atoms with Gasteiger partial charge in [-0.3, -0.25) is 0 Å². The molecule has 0 aliphatic heterocycles. The highest BCUT2D eigenvalue weighted by molar-refractivity contribution is 5.08. The highest BCUT2D eigenvalue weighted by Crippen LogP contribution is 2.66. The van der Waals surface area contributed by atoms with Gasteiger partial charge in [0.2, 0.25) is 0 Å². The molecule has 4 saturated carbocycles. The fourth-order valence-corrected chi connectivity index (χ4v) is 5.71. The van der Waals surface area contributed by atoms with E-state index in [2.05, 4.69) is 12.8 Å². The molecule has 1 nitrogen and oxygen atoms in total. The Morgan fingerprint density at radius 3 is 2.47 bits per heavy atom. The number of aliphatic hydroxyl groups excluding tert-OH is 1. The summed E-state index contributed by atoms with van der Waals surface area (Å²) in [6, 6.07) is 0. The number of rotatable bonds is 3. The van der Waals surface area contributed by atoms with Crippen molar-refractivity contribution in [2.24, 2.45) is 22.7 Å². The molecule has 0 spiro atoms. The van der Waals surface area contributed by atoms with Gasteiger partial charge in [0, 0.05) is 6.42 Å². The Morgan fingerprint density at radius 2 is 1.94 bits per heavy atom. The van der Waals surface area contributed by atoms with Gasteiger partial charge in [0.1, 0.15) is 0 Å². The summed E-state index contributed by atoms with van der Waals surface area (Å²) in [5, 5.41) is 10.6. The van der Waals surface area contributed by atoms with Crippen LogP contribution in [0.25, 0.3) is 0 Å². The van der Waals surface area contributed by atoms with Gasteiger partial charge in [-0.25, -0.2) is 0 Å². The molecule has 4 rings (SSSR count). The minimum atomic E-state index is -0.149. The van der Waals surface area contributed by atoms with Gasteiger partial charge in [0.05, 0.1) is 6.10 Å². The van der Waals surface area contributed by atoms with Crippen LogP contribution in [0, 0.1) is 35.0 Å². The molecule has 0 heterocycles. The maximum Gasteiger partial charge on any atom is 0.0605 e. The van der Waals surface area contributed by atoms with Crippen LogP contribution in [0.4, 0.5) is 0 Å². The van der Waals surface area contributed by atoms with Crippen molar-refractivity contribution in [1.82, 2.24) is 0 Å². The number of aliphatic hydroxyl groups is 1. The molecule has 3 atom stereocenters. The van der Waals surface area contributed by atoms with Crippen LogP contribution in [-0.4, -0.2) is 11.2 Å². The lowest BCUT2D eigenvalue weighted by molar-refractivity contribution is -0.154. The van der Waals surface area contributed by atoms with Crippen LogP contribution in [0.15, 0.2) is 0 Å². The van der Waals surface area contributed by atoms with E-state index >= 15 is 0 Å². The van der Waals surface area contributed by atoms with Crippen LogP contribution >= 0.6 is 0 Å². The van der Waals surface area contributed by atoms with Gasteiger partial charge in [0.25, 0.3) is 0 Å². The summed E-state index contributed by atoms with van der Waals surface area (Å²) in [6.07, 6.45) is 14.8. The van der Waals surface area contributed by atoms with Gasteiger partial charge in [-0.2, -0.15) is 0 Å². The fourth-order valence-electron chi connectivity index (χ4n) is 5.71. The first-order valence-corrected chi connectivity index (χ1v) is 7.17. The van der Waals surface area contributed by atoms with Crippen LogP contribution in [0.1, 0.15) is 58.3 Å². The molecule has 4 aliphatic carbocycles. The van der Waals surface area contributed by atoms with Crippen molar-refractivity contribution in [2.75, 3.05) is 0 Å². The topological polar surface area (TPSA) is 20.2 Å². The molecular formula is C16H24O. The molecule has 0 aromatic rings. The molecule has 0 aromatic heterocycles. The van der Waals surface area contributed by atoms with Gasteiger partial charge >= 0.3 is 0 Å². The van der Waals surface area contributed by atoms with Gasteiger partial charge in [-0.05, 0) is 67.6 Å². The van der Waals surface area contributed by atoms with E-state index < -0.39 is 0 Å². The summed E-state index contributed by atoms with van der Waals surface area (Å²) in [7, 11) is 0. The zero-order chi connectivity index (χ0) is 12.1. The van der Waals surface area contributed by atoms with E-state index in [1.165, 1.54) is 38.5 Å². The van der Waals surface area contributed by atoms with Crippen LogP contribution in [0.5, 0.6) is 0 Å². The largest absolute Gasteiger partial charge is 0.393 e. The third-order valence-electron chi connectivity index (χ3n) is 5.67. The van der Waals surface area contributed by atoms with Gasteiger partial charge in [0.15, 0.2) is 0 Å². The molecule has 94 valence electrons. The zero-order valence-electron chi connectivity index (χ0n) is 10.9. The second kappa shape index (κ2) is 3.75. The Kier molecular flexibility index (Phi) is 2.56. The molecule has 4 fully saturated rings. The van der Waals surface area contributed by atoms with Crippen molar-refractivity contribution in [3.05, 3.63) is 0 Å². The van der Waals surface area contributed by atoms with E-state index in [0.29, 0.717) is 5.41 Å². The van der Waals surface area contributed by atoms with E-state index in [1.807, 2.05) is 0 Å². The Bertz CT molecular complexity index is 337. The lowest BCUT2D eigenvalue weighted by Gasteiger charge is -2.62. The van der Waals surface area contributed by atoms with Crippen LogP contribution in [0.2, 0.25) is 0 Å². The average molecular weight is 232 g/mol. The number of hydrogen-bond acceptors (Lipinski definition) is 1. The first-order chi connectivity index (χ1) is 8.05. The summed E-state index contributed by atoms with van der Waals surface area (Å²) in [5.74, 6) is 4.46. The molecule has 4 bridgehead atoms. The monoisotopic (exact) mass is 232 g/mol. The predicted molar refractivity (Wildman–Crippen MR) is 69.3 cm³/mol. The quantitative estimate of drug-likeness (QED) is 0.740. The maximum atomic E-state index is 10.6. The maximum absolute atomic E-state index is 10.6. The summed E-state index contributed by atoms with van der Waals surface area (Å²) in [5.41, 5.74) is 0.761. The third-order valence-corrected chi connectivity index (χ3v) is 5.67. The van der Waals surface area contributed by atoms with Crippen LogP contribution < -0.4 is 0 Å². The Labute approximate surface area is 105 Å². The summed E-state index contributed by atoms with van der Waals surface area (Å²) in [6.45, 7) is 2.45. The molecule has 17 heavy (non-hydrogen) atoms. The molecule has 3 unspecified atom stereocenters. The average Bonchev–Trinajstić information content (AvgIpc) is 2.22. The van der Waals surface area contributed by atoms with Gasteiger partial charge in [-0.1, -0.05) is 6.92 Å². The Balaban J connectivity index is 1.81. The molecule has 0 saturated heterocycles. The lowest BCUT2D eigenvalue weighted by Crippen LogP contribution is -2.55. The normalized spacial score (nSPS) is 49.0. The molecule has 1 N–H and O–H groups in total. The summed E-state index contributed by atoms with van der Waals surface area (Å²) >= 11 is 0. The smallest absolute Gasteiger partial charge is 0.0605 e. The van der Waals surface area contributed by atoms with Crippen molar-refractivity contribution in [2.45, 2.75) is 64.4 Å². The predicted octanol–water partition coefficient (Wildman–Crippen LogP) is 3.37. The van der Waals surface area contributed by atoms with Gasteiger partial charge < -0.3 is 5.11 Å². The van der Waals surface area contributed by atoms with Crippen molar-refractivity contribution >= 4 is 0 Å². The van der Waals surface area contributed by atoms with Gasteiger partial charge in [-0.15, -0.1) is 12.3 Å². The summed E-state index contributed by atoms with van der Waals surface area (Å²) in [4.78, 5) is 0. The number of terminal acetylenes is 1. The Hall–Kier alpha value is -0.480. The van der Waals surface area contributed by atoms with Crippen LogP contribution in [-0.2, 0) is 0 Å². The second-order valence-electron chi connectivity index (χ2n) is 7.39. The second-order valence-corrected chi connectivity index (χ2v) is 7.39. The van der Waals surface area contributed by atoms with Crippen LogP contribution in [0.3, 0.4) is 0 Å². The molecular weight excluding hydrogens is 208 g/mol. The zero-order valence-corrected chi connectivity index (χ0v) is 10.9. The van der Waals surface area contributed by atoms with Crippen molar-refractivity contribution in [3.63, 3.8) is 0 Å². The minimum Gasteiger partial charge on any atom is -0.393 e. The number of hydrogen-bond donors (Lipinski definition) is 1. The fraction of sp³-hybridized carbons (Fsp3) is 0.875. The molecule has 1 heteroatoms. The standard InChI is InChI=1S/C16H24O/c1-3-4-5-14(17)16-9-12-6-13(10-16)8-15(2,7-12)11-16/h1,12-14,17H,4-11H2,2H3. The van der Waals surface area contributed by atoms with Crippen molar-refractivity contribution in [3.8, 4) is 12.3 Å². The van der Waals surface area contributed by atoms with Crippen molar-refractivity contribution in [1.29, 1.82) is 0 Å². The summed E-state index contributed by atoms with van der Waals surface area (Å²) < 4.78 is 0. The van der Waals surface area contributed by atoms with E-state index in [-0.39, 0.29) is 11.5 Å². The Morgan fingerprint density at radius 1 is 1.29 bits per heavy atom. The molecule has 4 aliphatic rings. The van der Waals surface area contributed by atoms with E-state index in [9.17, 15) is 5.11 Å². The molecule has 0 amide bonds. The first-order valence-electron chi connectivity index (χ1n) is 7.17. The highest BCUT2D eigenvalue weighted by Gasteiger charge is 2.57. The first kappa shape index (κ1) is 11.6. The van der Waals surface area contributed by atoms with E-state index in [4.69, 9.17) is 6.42 Å². The third kappa shape index (κ3) is 1.82. The SMILES string of the molecule is C#CCCC(O)C12CC3CC(CC(C)(C3)C1)C2. The lowest BCUT2D eigenvalue weighted by atomic mass is 9.43. The van der Waals surface area contributed by atoms with E-state index in [1.54, 1.807) is 0 Å². The molecule has 0 aromatic carbocycles.